The molecule has 1 amide bonds. The number of anilines is 1. The zero-order valence-corrected chi connectivity index (χ0v) is 22.2. The summed E-state index contributed by atoms with van der Waals surface area (Å²) in [5.74, 6) is -0.0941. The number of ether oxygens (including phenoxy) is 2. The SMILES string of the molecule is CCOc1ccc(/C(O)=C2/C(=O)C(=O)N(c3cc(C)ccc3C)C2c2ccc(OC)cc2)cc1C(C)C. The van der Waals surface area contributed by atoms with E-state index in [1.54, 1.807) is 31.4 Å². The molecule has 3 aromatic rings. The highest BCUT2D eigenvalue weighted by Crippen LogP contribution is 2.44. The molecule has 37 heavy (non-hydrogen) atoms. The third-order valence-electron chi connectivity index (χ3n) is 6.71. The number of amides is 1. The minimum Gasteiger partial charge on any atom is -0.507 e. The van der Waals surface area contributed by atoms with Crippen molar-refractivity contribution in [3.8, 4) is 11.5 Å². The van der Waals surface area contributed by atoms with E-state index in [2.05, 4.69) is 0 Å². The lowest BCUT2D eigenvalue weighted by atomic mass is 9.93. The van der Waals surface area contributed by atoms with E-state index in [-0.39, 0.29) is 17.3 Å². The van der Waals surface area contributed by atoms with Gasteiger partial charge in [-0.3, -0.25) is 14.5 Å². The predicted octanol–water partition coefficient (Wildman–Crippen LogP) is 6.46. The van der Waals surface area contributed by atoms with Crippen molar-refractivity contribution in [2.45, 2.75) is 46.6 Å². The molecule has 1 unspecified atom stereocenters. The van der Waals surface area contributed by atoms with Crippen molar-refractivity contribution >= 4 is 23.1 Å². The summed E-state index contributed by atoms with van der Waals surface area (Å²) in [4.78, 5) is 28.6. The first-order chi connectivity index (χ1) is 17.7. The number of aliphatic hydroxyl groups excluding tert-OH is 1. The van der Waals surface area contributed by atoms with Gasteiger partial charge in [-0.2, -0.15) is 0 Å². The van der Waals surface area contributed by atoms with Crippen LogP contribution in [0.2, 0.25) is 0 Å². The van der Waals surface area contributed by atoms with E-state index in [0.717, 1.165) is 22.4 Å². The smallest absolute Gasteiger partial charge is 0.300 e. The Hall–Kier alpha value is -4.06. The molecule has 6 heteroatoms. The number of Topliss-reactive ketones (excluding diaryl/α,β-unsaturated/α-hetero) is 1. The molecule has 1 N–H and O–H groups in total. The monoisotopic (exact) mass is 499 g/mol. The lowest BCUT2D eigenvalue weighted by molar-refractivity contribution is -0.132. The maximum absolute atomic E-state index is 13.5. The number of carbonyl (C=O) groups is 2. The van der Waals surface area contributed by atoms with E-state index in [1.807, 2.05) is 71.0 Å². The molecule has 1 heterocycles. The average molecular weight is 500 g/mol. The zero-order valence-electron chi connectivity index (χ0n) is 22.2. The van der Waals surface area contributed by atoms with E-state index in [1.165, 1.54) is 4.90 Å². The zero-order chi connectivity index (χ0) is 26.9. The molecule has 1 fully saturated rings. The van der Waals surface area contributed by atoms with Gasteiger partial charge in [0.05, 0.1) is 25.3 Å². The normalized spacial score (nSPS) is 16.9. The fourth-order valence-corrected chi connectivity index (χ4v) is 4.75. The highest BCUT2D eigenvalue weighted by molar-refractivity contribution is 6.51. The quantitative estimate of drug-likeness (QED) is 0.229. The van der Waals surface area contributed by atoms with Crippen LogP contribution < -0.4 is 14.4 Å². The molecule has 3 aromatic carbocycles. The Morgan fingerprint density at radius 3 is 2.32 bits per heavy atom. The third kappa shape index (κ3) is 4.84. The Bertz CT molecular complexity index is 1370. The molecule has 0 aliphatic carbocycles. The van der Waals surface area contributed by atoms with Crippen LogP contribution in [0, 0.1) is 13.8 Å². The van der Waals surface area contributed by atoms with Crippen LogP contribution in [0.15, 0.2) is 66.2 Å². The van der Waals surface area contributed by atoms with Gasteiger partial charge in [0.2, 0.25) is 0 Å². The summed E-state index contributed by atoms with van der Waals surface area (Å²) >= 11 is 0. The Kier molecular flexibility index (Phi) is 7.39. The van der Waals surface area contributed by atoms with Gasteiger partial charge in [0.15, 0.2) is 0 Å². The highest BCUT2D eigenvalue weighted by Gasteiger charge is 2.47. The van der Waals surface area contributed by atoms with Crippen LogP contribution in [-0.4, -0.2) is 30.5 Å². The van der Waals surface area contributed by atoms with E-state index in [0.29, 0.717) is 29.2 Å². The van der Waals surface area contributed by atoms with E-state index < -0.39 is 17.7 Å². The number of carbonyl (C=O) groups excluding carboxylic acids is 2. The van der Waals surface area contributed by atoms with Gasteiger partial charge >= 0.3 is 0 Å². The fraction of sp³-hybridized carbons (Fsp3) is 0.290. The Morgan fingerprint density at radius 2 is 1.70 bits per heavy atom. The topological polar surface area (TPSA) is 76.1 Å². The van der Waals surface area contributed by atoms with Crippen LogP contribution in [0.25, 0.3) is 5.76 Å². The molecule has 4 rings (SSSR count). The van der Waals surface area contributed by atoms with E-state index in [4.69, 9.17) is 9.47 Å². The number of ketones is 1. The van der Waals surface area contributed by atoms with Crippen LogP contribution in [0.3, 0.4) is 0 Å². The molecule has 192 valence electrons. The molecule has 6 nitrogen and oxygen atoms in total. The van der Waals surface area contributed by atoms with Crippen molar-refractivity contribution in [1.29, 1.82) is 0 Å². The molecule has 1 saturated heterocycles. The molecule has 0 spiro atoms. The van der Waals surface area contributed by atoms with Gasteiger partial charge in [0, 0.05) is 11.3 Å². The number of aryl methyl sites for hydroxylation is 2. The van der Waals surface area contributed by atoms with Crippen molar-refractivity contribution in [2.75, 3.05) is 18.6 Å². The number of benzene rings is 3. The minimum absolute atomic E-state index is 0.0509. The van der Waals surface area contributed by atoms with Crippen molar-refractivity contribution in [1.82, 2.24) is 0 Å². The summed E-state index contributed by atoms with van der Waals surface area (Å²) in [5.41, 5.74) is 4.57. The maximum Gasteiger partial charge on any atom is 0.300 e. The number of hydrogen-bond donors (Lipinski definition) is 1. The second-order valence-electron chi connectivity index (χ2n) is 9.57. The lowest BCUT2D eigenvalue weighted by Crippen LogP contribution is -2.30. The van der Waals surface area contributed by atoms with Crippen LogP contribution in [0.4, 0.5) is 5.69 Å². The van der Waals surface area contributed by atoms with Crippen LogP contribution in [0.1, 0.15) is 60.5 Å². The summed E-state index contributed by atoms with van der Waals surface area (Å²) in [7, 11) is 1.58. The van der Waals surface area contributed by atoms with Gasteiger partial charge in [-0.25, -0.2) is 0 Å². The fourth-order valence-electron chi connectivity index (χ4n) is 4.75. The van der Waals surface area contributed by atoms with Crippen LogP contribution in [0.5, 0.6) is 11.5 Å². The molecule has 1 aliphatic rings. The molecular weight excluding hydrogens is 466 g/mol. The average Bonchev–Trinajstić information content (AvgIpc) is 3.15. The van der Waals surface area contributed by atoms with Gasteiger partial charge in [0.25, 0.3) is 11.7 Å². The molecule has 1 aliphatic heterocycles. The molecule has 0 bridgehead atoms. The third-order valence-corrected chi connectivity index (χ3v) is 6.71. The minimum atomic E-state index is -0.805. The van der Waals surface area contributed by atoms with Gasteiger partial charge in [-0.05, 0) is 85.3 Å². The van der Waals surface area contributed by atoms with Gasteiger partial charge < -0.3 is 14.6 Å². The maximum atomic E-state index is 13.5. The van der Waals surface area contributed by atoms with Crippen molar-refractivity contribution in [3.63, 3.8) is 0 Å². The summed E-state index contributed by atoms with van der Waals surface area (Å²) in [6, 6.07) is 17.5. The van der Waals surface area contributed by atoms with E-state index in [9.17, 15) is 14.7 Å². The molecule has 1 atom stereocenters. The number of aliphatic hydroxyl groups is 1. The highest BCUT2D eigenvalue weighted by atomic mass is 16.5. The summed E-state index contributed by atoms with van der Waals surface area (Å²) < 4.78 is 11.1. The molecule has 0 saturated carbocycles. The van der Waals surface area contributed by atoms with Crippen molar-refractivity contribution < 1.29 is 24.2 Å². The lowest BCUT2D eigenvalue weighted by Gasteiger charge is -2.27. The molecular formula is C31H33NO5. The first-order valence-electron chi connectivity index (χ1n) is 12.5. The van der Waals surface area contributed by atoms with Crippen molar-refractivity contribution in [2.24, 2.45) is 0 Å². The summed E-state index contributed by atoms with van der Waals surface area (Å²) in [6.45, 7) is 10.4. The van der Waals surface area contributed by atoms with E-state index >= 15 is 0 Å². The van der Waals surface area contributed by atoms with Crippen molar-refractivity contribution in [3.05, 3.63) is 94.1 Å². The second kappa shape index (κ2) is 10.5. The van der Waals surface area contributed by atoms with Gasteiger partial charge in [-0.15, -0.1) is 0 Å². The summed E-state index contributed by atoms with van der Waals surface area (Å²) in [6.07, 6.45) is 0. The first kappa shape index (κ1) is 26.0. The number of nitrogens with zero attached hydrogens (tertiary/aromatic N) is 1. The van der Waals surface area contributed by atoms with Gasteiger partial charge in [0.1, 0.15) is 17.3 Å². The van der Waals surface area contributed by atoms with Gasteiger partial charge in [-0.1, -0.05) is 38.1 Å². The summed E-state index contributed by atoms with van der Waals surface area (Å²) in [5, 5.41) is 11.6. The second-order valence-corrected chi connectivity index (χ2v) is 9.57. The Balaban J connectivity index is 1.95. The Morgan fingerprint density at radius 1 is 1.00 bits per heavy atom. The number of rotatable bonds is 7. The standard InChI is InChI=1S/C31H33NO5/c1-7-37-26-15-12-22(17-24(26)18(2)3)29(33)27-28(21-10-13-23(36-6)14-11-21)32(31(35)30(27)34)25-16-19(4)8-9-20(25)5/h8-18,28,33H,7H2,1-6H3/b29-27-. The molecule has 0 aromatic heterocycles. The molecule has 0 radical (unpaired) electrons. The van der Waals surface area contributed by atoms with Crippen LogP contribution in [-0.2, 0) is 9.59 Å². The predicted molar refractivity (Wildman–Crippen MR) is 145 cm³/mol. The number of hydrogen-bond acceptors (Lipinski definition) is 5. The number of methoxy groups -OCH3 is 1. The largest absolute Gasteiger partial charge is 0.507 e. The van der Waals surface area contributed by atoms with Crippen LogP contribution >= 0.6 is 0 Å². The first-order valence-corrected chi connectivity index (χ1v) is 12.5. The Labute approximate surface area is 218 Å².